The Morgan fingerprint density at radius 2 is 2.20 bits per heavy atom. The quantitative estimate of drug-likeness (QED) is 0.668. The van der Waals surface area contributed by atoms with E-state index in [4.69, 9.17) is 0 Å². The molecular formula is C13H13N3O3S. The van der Waals surface area contributed by atoms with Gasteiger partial charge < -0.3 is 10.0 Å². The summed E-state index contributed by atoms with van der Waals surface area (Å²) in [6, 6.07) is 1.69. The average molecular weight is 291 g/mol. The number of aromatic nitrogens is 2. The molecule has 0 bridgehead atoms. The first-order valence-electron chi connectivity index (χ1n) is 6.37. The third-order valence-corrected chi connectivity index (χ3v) is 4.65. The lowest BCUT2D eigenvalue weighted by Gasteiger charge is -2.42. The van der Waals surface area contributed by atoms with Gasteiger partial charge in [0.05, 0.1) is 12.0 Å². The Morgan fingerprint density at radius 3 is 2.80 bits per heavy atom. The van der Waals surface area contributed by atoms with Crippen LogP contribution in [-0.2, 0) is 9.59 Å². The molecule has 1 aromatic rings. The van der Waals surface area contributed by atoms with E-state index in [2.05, 4.69) is 9.97 Å². The van der Waals surface area contributed by atoms with Gasteiger partial charge in [0.1, 0.15) is 5.70 Å². The molecule has 2 atom stereocenters. The highest BCUT2D eigenvalue weighted by Crippen LogP contribution is 2.47. The number of β-lactam (4-membered cyclic amide) rings is 1. The van der Waals surface area contributed by atoms with E-state index in [-0.39, 0.29) is 23.6 Å². The Bertz CT molecular complexity index is 602. The average Bonchev–Trinajstić information content (AvgIpc) is 2.76. The van der Waals surface area contributed by atoms with Crippen molar-refractivity contribution in [3.63, 3.8) is 0 Å². The van der Waals surface area contributed by atoms with Gasteiger partial charge in [0.15, 0.2) is 5.16 Å². The monoisotopic (exact) mass is 291 g/mol. The maximum atomic E-state index is 12.0. The molecule has 20 heavy (non-hydrogen) atoms. The van der Waals surface area contributed by atoms with E-state index >= 15 is 0 Å². The van der Waals surface area contributed by atoms with Crippen molar-refractivity contribution in [2.45, 2.75) is 31.0 Å². The molecule has 2 aliphatic rings. The SMILES string of the molecule is CC[C@H]1C(=O)N2C(C(=O)O)=C(Sc3ncccn3)C[C@H]12. The minimum atomic E-state index is -1.06. The molecular weight excluding hydrogens is 278 g/mol. The minimum absolute atomic E-state index is 0.00943. The van der Waals surface area contributed by atoms with Crippen molar-refractivity contribution >= 4 is 23.6 Å². The van der Waals surface area contributed by atoms with Gasteiger partial charge in [-0.2, -0.15) is 0 Å². The minimum Gasteiger partial charge on any atom is -0.477 e. The first-order valence-corrected chi connectivity index (χ1v) is 7.19. The van der Waals surface area contributed by atoms with E-state index < -0.39 is 5.97 Å². The summed E-state index contributed by atoms with van der Waals surface area (Å²) in [5.74, 6) is -1.20. The highest BCUT2D eigenvalue weighted by Gasteiger charge is 2.54. The zero-order chi connectivity index (χ0) is 14.3. The van der Waals surface area contributed by atoms with E-state index in [0.717, 1.165) is 6.42 Å². The van der Waals surface area contributed by atoms with Crippen molar-refractivity contribution in [3.05, 3.63) is 29.1 Å². The molecule has 0 spiro atoms. The summed E-state index contributed by atoms with van der Waals surface area (Å²) in [7, 11) is 0. The van der Waals surface area contributed by atoms with Gasteiger partial charge in [-0.3, -0.25) is 4.79 Å². The van der Waals surface area contributed by atoms with Crippen LogP contribution in [0.5, 0.6) is 0 Å². The number of carbonyl (C=O) groups is 2. The molecule has 2 aliphatic heterocycles. The van der Waals surface area contributed by atoms with Crippen molar-refractivity contribution in [2.75, 3.05) is 0 Å². The topological polar surface area (TPSA) is 83.4 Å². The van der Waals surface area contributed by atoms with Gasteiger partial charge in [-0.15, -0.1) is 0 Å². The number of hydrogen-bond acceptors (Lipinski definition) is 5. The second-order valence-electron chi connectivity index (χ2n) is 4.70. The molecule has 0 radical (unpaired) electrons. The third-order valence-electron chi connectivity index (χ3n) is 3.65. The fourth-order valence-electron chi connectivity index (χ4n) is 2.74. The summed E-state index contributed by atoms with van der Waals surface area (Å²) in [6.07, 6.45) is 4.54. The Balaban J connectivity index is 1.90. The standard InChI is InChI=1S/C13H13N3O3S/c1-2-7-8-6-9(20-13-14-4-3-5-15-13)10(12(18)19)16(8)11(7)17/h3-5,7-8H,2,6H2,1H3,(H,18,19)/t7-,8-/m1/s1. The molecule has 3 heterocycles. The summed E-state index contributed by atoms with van der Waals surface area (Å²) in [4.78, 5) is 33.7. The van der Waals surface area contributed by atoms with Gasteiger partial charge >= 0.3 is 5.97 Å². The van der Waals surface area contributed by atoms with Crippen molar-refractivity contribution < 1.29 is 14.7 Å². The maximum absolute atomic E-state index is 12.0. The van der Waals surface area contributed by atoms with Gasteiger partial charge in [0.25, 0.3) is 0 Å². The van der Waals surface area contributed by atoms with Gasteiger partial charge in [0, 0.05) is 23.7 Å². The molecule has 0 aromatic carbocycles. The Hall–Kier alpha value is -1.89. The van der Waals surface area contributed by atoms with Crippen LogP contribution < -0.4 is 0 Å². The number of fused-ring (bicyclic) bond motifs is 1. The Morgan fingerprint density at radius 1 is 1.50 bits per heavy atom. The number of hydrogen-bond donors (Lipinski definition) is 1. The number of nitrogens with zero attached hydrogens (tertiary/aromatic N) is 3. The van der Waals surface area contributed by atoms with Crippen LogP contribution in [0.25, 0.3) is 0 Å². The van der Waals surface area contributed by atoms with E-state index in [1.165, 1.54) is 16.7 Å². The smallest absolute Gasteiger partial charge is 0.353 e. The summed E-state index contributed by atoms with van der Waals surface area (Å²) < 4.78 is 0. The lowest BCUT2D eigenvalue weighted by Crippen LogP contribution is -2.58. The van der Waals surface area contributed by atoms with Crippen molar-refractivity contribution in [1.29, 1.82) is 0 Å². The second-order valence-corrected chi connectivity index (χ2v) is 5.77. The molecule has 1 amide bonds. The molecule has 1 N–H and O–H groups in total. The van der Waals surface area contributed by atoms with Crippen LogP contribution >= 0.6 is 11.8 Å². The summed E-state index contributed by atoms with van der Waals surface area (Å²) in [5.41, 5.74) is 0.0992. The predicted octanol–water partition coefficient (Wildman–Crippen LogP) is 1.51. The number of thioether (sulfide) groups is 1. The zero-order valence-corrected chi connectivity index (χ0v) is 11.6. The van der Waals surface area contributed by atoms with Crippen LogP contribution in [0.4, 0.5) is 0 Å². The summed E-state index contributed by atoms with van der Waals surface area (Å²) >= 11 is 1.23. The third kappa shape index (κ3) is 1.89. The van der Waals surface area contributed by atoms with Gasteiger partial charge in [-0.05, 0) is 12.5 Å². The van der Waals surface area contributed by atoms with Crippen LogP contribution in [0.1, 0.15) is 19.8 Å². The fourth-order valence-corrected chi connectivity index (χ4v) is 3.73. The van der Waals surface area contributed by atoms with Crippen LogP contribution in [-0.4, -0.2) is 37.9 Å². The molecule has 3 rings (SSSR count). The molecule has 104 valence electrons. The first kappa shape index (κ1) is 13.1. The molecule has 0 saturated carbocycles. The lowest BCUT2D eigenvalue weighted by atomic mass is 9.85. The zero-order valence-electron chi connectivity index (χ0n) is 10.8. The fraction of sp³-hybridized carbons (Fsp3) is 0.385. The number of amides is 1. The predicted molar refractivity (Wildman–Crippen MR) is 71.6 cm³/mol. The molecule has 6 nitrogen and oxygen atoms in total. The lowest BCUT2D eigenvalue weighted by molar-refractivity contribution is -0.155. The Labute approximate surface area is 119 Å². The highest BCUT2D eigenvalue weighted by atomic mass is 32.2. The van der Waals surface area contributed by atoms with E-state index in [0.29, 0.717) is 16.5 Å². The van der Waals surface area contributed by atoms with E-state index in [9.17, 15) is 14.7 Å². The van der Waals surface area contributed by atoms with Crippen molar-refractivity contribution in [2.24, 2.45) is 5.92 Å². The molecule has 1 saturated heterocycles. The van der Waals surface area contributed by atoms with Gasteiger partial charge in [0.2, 0.25) is 5.91 Å². The summed E-state index contributed by atoms with van der Waals surface area (Å²) in [6.45, 7) is 1.95. The van der Waals surface area contributed by atoms with Crippen LogP contribution in [0.3, 0.4) is 0 Å². The number of carboxylic acid groups (broad SMARTS) is 1. The highest BCUT2D eigenvalue weighted by molar-refractivity contribution is 8.03. The van der Waals surface area contributed by atoms with Crippen LogP contribution in [0.2, 0.25) is 0 Å². The number of aliphatic carboxylic acids is 1. The number of carbonyl (C=O) groups excluding carboxylic acids is 1. The Kier molecular flexibility index (Phi) is 3.21. The van der Waals surface area contributed by atoms with Crippen molar-refractivity contribution in [3.8, 4) is 0 Å². The number of carboxylic acids is 1. The van der Waals surface area contributed by atoms with Gasteiger partial charge in [-0.25, -0.2) is 14.8 Å². The first-order chi connectivity index (χ1) is 9.63. The van der Waals surface area contributed by atoms with E-state index in [1.54, 1.807) is 18.5 Å². The molecule has 0 unspecified atom stereocenters. The van der Waals surface area contributed by atoms with Crippen LogP contribution in [0.15, 0.2) is 34.2 Å². The normalized spacial score (nSPS) is 24.6. The van der Waals surface area contributed by atoms with Gasteiger partial charge in [-0.1, -0.05) is 18.7 Å². The maximum Gasteiger partial charge on any atom is 0.353 e. The number of rotatable bonds is 4. The van der Waals surface area contributed by atoms with Crippen molar-refractivity contribution in [1.82, 2.24) is 14.9 Å². The second kappa shape index (κ2) is 4.90. The molecule has 1 aromatic heterocycles. The largest absolute Gasteiger partial charge is 0.477 e. The summed E-state index contributed by atoms with van der Waals surface area (Å²) in [5, 5.41) is 9.86. The molecule has 1 fully saturated rings. The molecule has 0 aliphatic carbocycles. The van der Waals surface area contributed by atoms with E-state index in [1.807, 2.05) is 6.92 Å². The molecule has 7 heteroatoms. The van der Waals surface area contributed by atoms with Crippen LogP contribution in [0, 0.1) is 5.92 Å².